The summed E-state index contributed by atoms with van der Waals surface area (Å²) < 4.78 is 0. The minimum Gasteiger partial charge on any atom is -0.282 e. The van der Waals surface area contributed by atoms with Crippen LogP contribution in [0.5, 0.6) is 0 Å². The van der Waals surface area contributed by atoms with Gasteiger partial charge in [0.2, 0.25) is 0 Å². The zero-order valence-electron chi connectivity index (χ0n) is 19.9. The summed E-state index contributed by atoms with van der Waals surface area (Å²) in [6.45, 7) is 0. The minimum absolute atomic E-state index is 0.0895. The van der Waals surface area contributed by atoms with Crippen LogP contribution in [0.1, 0.15) is 80.1 Å². The number of nitrogens with one attached hydrogen (secondary N) is 3. The van der Waals surface area contributed by atoms with E-state index < -0.39 is 0 Å². The first kappa shape index (κ1) is 22.0. The van der Waals surface area contributed by atoms with Crippen LogP contribution >= 0.6 is 0 Å². The molecule has 4 heteroatoms. The Labute approximate surface area is 203 Å². The zero-order chi connectivity index (χ0) is 22.7. The van der Waals surface area contributed by atoms with E-state index >= 15 is 0 Å². The number of hydrogen-bond acceptors (Lipinski definition) is 4. The maximum absolute atomic E-state index is 4.24. The molecule has 1 saturated heterocycles. The van der Waals surface area contributed by atoms with Gasteiger partial charge in [0.15, 0.2) is 0 Å². The lowest BCUT2D eigenvalue weighted by molar-refractivity contribution is 0.180. The van der Waals surface area contributed by atoms with Crippen molar-refractivity contribution in [2.75, 3.05) is 0 Å². The molecule has 176 valence electrons. The lowest BCUT2D eigenvalue weighted by atomic mass is 9.85. The van der Waals surface area contributed by atoms with Crippen LogP contribution in [0.2, 0.25) is 0 Å². The molecule has 6 rings (SSSR count). The predicted octanol–water partition coefficient (Wildman–Crippen LogP) is 6.00. The van der Waals surface area contributed by atoms with E-state index in [1.807, 2.05) is 12.4 Å². The van der Waals surface area contributed by atoms with Crippen molar-refractivity contribution in [3.8, 4) is 0 Å². The Morgan fingerprint density at radius 2 is 1.59 bits per heavy atom. The van der Waals surface area contributed by atoms with Gasteiger partial charge in [-0.2, -0.15) is 0 Å². The topological polar surface area (TPSA) is 48.5 Å². The summed E-state index contributed by atoms with van der Waals surface area (Å²) in [6, 6.07) is 7.18. The summed E-state index contributed by atoms with van der Waals surface area (Å²) in [5, 5.41) is 11.7. The Kier molecular flexibility index (Phi) is 6.45. The smallest absolute Gasteiger partial charge is 0.0862 e. The van der Waals surface area contributed by atoms with Gasteiger partial charge in [0.05, 0.1) is 18.5 Å². The van der Waals surface area contributed by atoms with Gasteiger partial charge in [-0.15, -0.1) is 0 Å². The molecule has 1 aromatic rings. The molecule has 3 aliphatic carbocycles. The summed E-state index contributed by atoms with van der Waals surface area (Å²) >= 11 is 0. The molecule has 2 heterocycles. The molecule has 0 bridgehead atoms. The van der Waals surface area contributed by atoms with E-state index in [9.17, 15) is 0 Å². The molecule has 5 unspecified atom stereocenters. The average Bonchev–Trinajstić information content (AvgIpc) is 2.89. The molecular weight excluding hydrogens is 416 g/mol. The van der Waals surface area contributed by atoms with E-state index in [2.05, 4.69) is 81.7 Å². The van der Waals surface area contributed by atoms with Crippen molar-refractivity contribution >= 4 is 11.8 Å². The highest BCUT2D eigenvalue weighted by Gasteiger charge is 2.33. The Hall–Kier alpha value is -2.53. The van der Waals surface area contributed by atoms with Crippen LogP contribution in [-0.2, 0) is 0 Å². The number of rotatable bonds is 5. The maximum atomic E-state index is 4.24. The summed E-state index contributed by atoms with van der Waals surface area (Å²) in [6.07, 6.45) is 30.7. The second-order valence-electron chi connectivity index (χ2n) is 10.3. The van der Waals surface area contributed by atoms with Crippen LogP contribution in [-0.4, -0.2) is 18.5 Å². The fourth-order valence-electron chi connectivity index (χ4n) is 5.88. The lowest BCUT2D eigenvalue weighted by Gasteiger charge is -2.43. The van der Waals surface area contributed by atoms with Crippen molar-refractivity contribution in [2.24, 2.45) is 10.9 Å². The van der Waals surface area contributed by atoms with E-state index in [0.717, 1.165) is 12.8 Å². The predicted molar refractivity (Wildman–Crippen MR) is 141 cm³/mol. The summed E-state index contributed by atoms with van der Waals surface area (Å²) in [4.78, 5) is 4.24. The first-order chi connectivity index (χ1) is 16.8. The zero-order valence-corrected chi connectivity index (χ0v) is 19.9. The van der Waals surface area contributed by atoms with Crippen LogP contribution in [0.25, 0.3) is 5.57 Å². The van der Waals surface area contributed by atoms with Crippen molar-refractivity contribution in [3.63, 3.8) is 0 Å². The molecule has 5 aliphatic rings. The Morgan fingerprint density at radius 1 is 0.765 bits per heavy atom. The monoisotopic (exact) mass is 452 g/mol. The van der Waals surface area contributed by atoms with E-state index in [1.54, 1.807) is 0 Å². The molecule has 0 spiro atoms. The fourth-order valence-corrected chi connectivity index (χ4v) is 5.88. The SMILES string of the molecule is C1=CC(C2NC(c3cc(C4=CN=C4)cc(C4C=CCCC4)c3)NC(C3C=CCCC3)N2)=CCC1. The number of benzene rings is 1. The van der Waals surface area contributed by atoms with Gasteiger partial charge in [0.25, 0.3) is 0 Å². The van der Waals surface area contributed by atoms with Crippen LogP contribution < -0.4 is 16.0 Å². The Morgan fingerprint density at radius 3 is 2.29 bits per heavy atom. The average molecular weight is 453 g/mol. The Bertz CT molecular complexity index is 1090. The van der Waals surface area contributed by atoms with Crippen LogP contribution in [0.15, 0.2) is 77.5 Å². The molecule has 0 amide bonds. The molecule has 2 aliphatic heterocycles. The molecule has 34 heavy (non-hydrogen) atoms. The third kappa shape index (κ3) is 4.68. The van der Waals surface area contributed by atoms with Crippen molar-refractivity contribution in [1.82, 2.24) is 16.0 Å². The van der Waals surface area contributed by atoms with Gasteiger partial charge >= 0.3 is 0 Å². The van der Waals surface area contributed by atoms with Crippen molar-refractivity contribution in [2.45, 2.75) is 75.8 Å². The number of allylic oxidation sites excluding steroid dienone is 6. The molecule has 0 aromatic heterocycles. The fraction of sp³-hybridized carbons (Fsp3) is 0.433. The highest BCUT2D eigenvalue weighted by Crippen LogP contribution is 2.34. The summed E-state index contributed by atoms with van der Waals surface area (Å²) in [5.74, 6) is 1.02. The first-order valence-corrected chi connectivity index (χ1v) is 13.2. The van der Waals surface area contributed by atoms with Gasteiger partial charge in [-0.25, -0.2) is 0 Å². The van der Waals surface area contributed by atoms with Crippen LogP contribution in [0.4, 0.5) is 0 Å². The third-order valence-electron chi connectivity index (χ3n) is 7.86. The summed E-state index contributed by atoms with van der Waals surface area (Å²) in [7, 11) is 0. The quantitative estimate of drug-likeness (QED) is 0.480. The molecule has 3 N–H and O–H groups in total. The van der Waals surface area contributed by atoms with Gasteiger partial charge in [0.1, 0.15) is 0 Å². The van der Waals surface area contributed by atoms with E-state index in [1.165, 1.54) is 66.4 Å². The van der Waals surface area contributed by atoms with Gasteiger partial charge in [0, 0.05) is 29.8 Å². The summed E-state index contributed by atoms with van der Waals surface area (Å²) in [5.41, 5.74) is 6.63. The van der Waals surface area contributed by atoms with Crippen molar-refractivity contribution in [3.05, 3.63) is 89.2 Å². The molecular formula is C30H36N4. The molecule has 1 fully saturated rings. The molecule has 4 nitrogen and oxygen atoms in total. The van der Waals surface area contributed by atoms with Gasteiger partial charge in [-0.05, 0) is 79.7 Å². The molecule has 1 aromatic carbocycles. The van der Waals surface area contributed by atoms with E-state index in [-0.39, 0.29) is 18.5 Å². The van der Waals surface area contributed by atoms with Crippen LogP contribution in [0, 0.1) is 5.92 Å². The normalized spacial score (nSPS) is 32.8. The number of aliphatic imine (C=N–C) groups is 1. The van der Waals surface area contributed by atoms with Crippen LogP contribution in [0.3, 0.4) is 0 Å². The van der Waals surface area contributed by atoms with Crippen molar-refractivity contribution < 1.29 is 0 Å². The van der Waals surface area contributed by atoms with Gasteiger partial charge in [-0.3, -0.25) is 20.9 Å². The molecule has 5 atom stereocenters. The van der Waals surface area contributed by atoms with E-state index in [4.69, 9.17) is 0 Å². The number of hydrogen-bond donors (Lipinski definition) is 3. The number of nitrogens with zero attached hydrogens (tertiary/aromatic N) is 1. The minimum atomic E-state index is 0.0895. The van der Waals surface area contributed by atoms with E-state index in [0.29, 0.717) is 11.8 Å². The lowest BCUT2D eigenvalue weighted by Crippen LogP contribution is -2.65. The molecule has 0 radical (unpaired) electrons. The second kappa shape index (κ2) is 9.99. The van der Waals surface area contributed by atoms with Gasteiger partial charge < -0.3 is 0 Å². The standard InChI is InChI=1S/C30H36N4/c1-4-10-21(11-5-1)24-16-25(27-19-31-20-27)18-26(17-24)30-33-28(22-12-6-2-7-13-22)32-29(34-30)23-14-8-3-9-15-23/h4,6,8,10,12-14,16-21,23,28-30,32-34H,1-3,5,7,9,11,15H2. The highest BCUT2D eigenvalue weighted by molar-refractivity contribution is 6.14. The Balaban J connectivity index is 1.35. The first-order valence-electron chi connectivity index (χ1n) is 13.2. The molecule has 0 saturated carbocycles. The van der Waals surface area contributed by atoms with Crippen molar-refractivity contribution in [1.29, 1.82) is 0 Å². The second-order valence-corrected chi connectivity index (χ2v) is 10.3. The third-order valence-corrected chi connectivity index (χ3v) is 7.86. The largest absolute Gasteiger partial charge is 0.282 e. The highest BCUT2D eigenvalue weighted by atomic mass is 15.4. The maximum Gasteiger partial charge on any atom is 0.0862 e. The van der Waals surface area contributed by atoms with Gasteiger partial charge in [-0.1, -0.05) is 54.7 Å².